The van der Waals surface area contributed by atoms with Gasteiger partial charge in [0.1, 0.15) is 11.6 Å². The van der Waals surface area contributed by atoms with Gasteiger partial charge in [-0.05, 0) is 142 Å². The molecule has 0 aliphatic carbocycles. The summed E-state index contributed by atoms with van der Waals surface area (Å²) in [5.41, 5.74) is 26.7. The summed E-state index contributed by atoms with van der Waals surface area (Å²) >= 11 is 0. The van der Waals surface area contributed by atoms with Crippen LogP contribution in [0.4, 0.5) is 0 Å². The second kappa shape index (κ2) is 27.6. The molecule has 0 N–H and O–H groups in total. The van der Waals surface area contributed by atoms with Crippen molar-refractivity contribution in [2.24, 2.45) is 0 Å². The van der Waals surface area contributed by atoms with E-state index in [2.05, 4.69) is 394 Å². The Morgan fingerprint density at radius 3 is 0.714 bits per heavy atom. The molecule has 6 aromatic heterocycles. The molecule has 22 rings (SSSR count). The van der Waals surface area contributed by atoms with E-state index >= 15 is 0 Å². The van der Waals surface area contributed by atoms with Gasteiger partial charge in [0.05, 0.1) is 55.5 Å². The summed E-state index contributed by atoms with van der Waals surface area (Å²) in [6.45, 7) is 0. The molecule has 0 saturated heterocycles. The predicted molar refractivity (Wildman–Crippen MR) is 465 cm³/mol. The van der Waals surface area contributed by atoms with E-state index in [1.165, 1.54) is 104 Å². The van der Waals surface area contributed by atoms with Crippen LogP contribution in [0.5, 0.6) is 0 Å². The Bertz CT molecular complexity index is 6870. The lowest BCUT2D eigenvalue weighted by molar-refractivity contribution is 1.05. The lowest BCUT2D eigenvalue weighted by atomic mass is 10.0. The van der Waals surface area contributed by atoms with E-state index in [1.54, 1.807) is 0 Å². The molecule has 0 spiro atoms. The van der Waals surface area contributed by atoms with Crippen LogP contribution in [-0.2, 0) is 0 Å². The van der Waals surface area contributed by atoms with Crippen LogP contribution in [0.3, 0.4) is 0 Å². The summed E-state index contributed by atoms with van der Waals surface area (Å²) in [5, 5.41) is 9.69. The maximum Gasteiger partial charge on any atom is 0.162 e. The van der Waals surface area contributed by atoms with E-state index in [9.17, 15) is 0 Å². The Kier molecular flexibility index (Phi) is 16.1. The number of aromatic nitrogens is 8. The summed E-state index contributed by atoms with van der Waals surface area (Å²) in [7, 11) is 0. The van der Waals surface area contributed by atoms with Gasteiger partial charge in [-0.2, -0.15) is 0 Å². The number of hydrogen-bond acceptors (Lipinski definition) is 4. The molecule has 8 nitrogen and oxygen atoms in total. The maximum atomic E-state index is 5.29. The van der Waals surface area contributed by atoms with Crippen molar-refractivity contribution in [3.05, 3.63) is 413 Å². The topological polar surface area (TPSA) is 71.3 Å². The van der Waals surface area contributed by atoms with Crippen LogP contribution in [0.25, 0.3) is 200 Å². The van der Waals surface area contributed by atoms with E-state index in [-0.39, 0.29) is 0 Å². The molecule has 0 unspecified atom stereocenters. The van der Waals surface area contributed by atoms with Gasteiger partial charge >= 0.3 is 0 Å². The molecular weight excluding hydrogens is 1360 g/mol. The lowest BCUT2D eigenvalue weighted by Gasteiger charge is -2.13. The summed E-state index contributed by atoms with van der Waals surface area (Å²) < 4.78 is 9.31. The Balaban J connectivity index is 0.000000141. The van der Waals surface area contributed by atoms with Gasteiger partial charge < -0.3 is 9.13 Å². The van der Waals surface area contributed by atoms with Crippen LogP contribution in [0, 0.1) is 0 Å². The number of benzene rings is 16. The SMILES string of the molecule is c1ccc(-c2ccc(-c3cc(-n4c5ccccc5c5cc(-c6ccc7c(c6)c6ccccc6n7-c6ccccc6)ccc54)nc(-c4ccccc4)n3)cc2)cc1.c1ccc(-c2ccc(-c3nc(-c4ccccc4)cc(-n4c5ccccc5c5cc(-c6ccc7c(c6)c6ccccc6n7-c6ccccc6)ccc54)n3)cc2)cc1. The van der Waals surface area contributed by atoms with Crippen LogP contribution in [0.15, 0.2) is 413 Å². The number of nitrogens with zero attached hydrogens (tertiary/aromatic N) is 8. The summed E-state index contributed by atoms with van der Waals surface area (Å²) in [5.74, 6) is 3.03. The smallest absolute Gasteiger partial charge is 0.162 e. The third kappa shape index (κ3) is 11.6. The van der Waals surface area contributed by atoms with Crippen molar-refractivity contribution >= 4 is 87.2 Å². The molecule has 112 heavy (non-hydrogen) atoms. The molecule has 0 fully saturated rings. The fourth-order valence-electron chi connectivity index (χ4n) is 16.6. The molecule has 0 amide bonds. The number of fused-ring (bicyclic) bond motifs is 12. The fraction of sp³-hybridized carbons (Fsp3) is 0. The van der Waals surface area contributed by atoms with Crippen LogP contribution >= 0.6 is 0 Å². The molecule has 16 aromatic carbocycles. The molecule has 0 aliphatic rings. The van der Waals surface area contributed by atoms with Crippen molar-refractivity contribution in [2.45, 2.75) is 0 Å². The van der Waals surface area contributed by atoms with Gasteiger partial charge in [-0.15, -0.1) is 0 Å². The molecule has 524 valence electrons. The van der Waals surface area contributed by atoms with Gasteiger partial charge in [-0.1, -0.05) is 303 Å². The molecule has 6 heterocycles. The number of para-hydroxylation sites is 6. The average molecular weight is 1430 g/mol. The average Bonchev–Trinajstić information content (AvgIpc) is 1.58. The van der Waals surface area contributed by atoms with Gasteiger partial charge in [0.2, 0.25) is 0 Å². The molecular formula is C104H68N8. The zero-order valence-corrected chi connectivity index (χ0v) is 60.8. The van der Waals surface area contributed by atoms with E-state index < -0.39 is 0 Å². The quantitative estimate of drug-likeness (QED) is 0.122. The van der Waals surface area contributed by atoms with E-state index in [4.69, 9.17) is 19.9 Å². The van der Waals surface area contributed by atoms with E-state index in [1.807, 2.05) is 36.4 Å². The maximum absolute atomic E-state index is 5.29. The first-order chi connectivity index (χ1) is 55.5. The van der Waals surface area contributed by atoms with Crippen LogP contribution in [0.1, 0.15) is 0 Å². The van der Waals surface area contributed by atoms with E-state index in [0.29, 0.717) is 11.6 Å². The zero-order chi connectivity index (χ0) is 74.0. The lowest BCUT2D eigenvalue weighted by Crippen LogP contribution is -2.02. The highest BCUT2D eigenvalue weighted by molar-refractivity contribution is 6.15. The zero-order valence-electron chi connectivity index (χ0n) is 60.8. The van der Waals surface area contributed by atoms with Crippen molar-refractivity contribution in [1.29, 1.82) is 0 Å². The van der Waals surface area contributed by atoms with Gasteiger partial charge in [0, 0.05) is 88.9 Å². The minimum atomic E-state index is 0.687. The van der Waals surface area contributed by atoms with Crippen molar-refractivity contribution < 1.29 is 0 Å². The monoisotopic (exact) mass is 1430 g/mol. The third-order valence-electron chi connectivity index (χ3n) is 21.9. The number of rotatable bonds is 12. The number of hydrogen-bond donors (Lipinski definition) is 0. The second-order valence-electron chi connectivity index (χ2n) is 28.5. The highest BCUT2D eigenvalue weighted by Gasteiger charge is 2.23. The molecule has 8 heteroatoms. The molecule has 0 saturated carbocycles. The standard InChI is InChI=1S/2C52H34N4/c1-4-14-35(15-5-1)36-24-26-37(27-25-36)46-34-51(54-52(53-46)38-16-6-2-7-17-38)56-48-23-13-11-21-43(48)45-33-40(29-31-50(45)56)39-28-30-49-44(32-39)42-20-10-12-22-47(42)55(49)41-18-8-3-9-19-41;1-4-14-35(15-5-1)36-24-26-38(27-25-36)52-53-46(37-16-6-2-7-17-37)34-51(54-52)56-48-23-13-11-21-43(48)45-33-40(29-31-50(45)56)39-28-30-49-44(32-39)42-20-10-12-22-47(42)55(49)41-18-8-3-9-19-41/h2*1-34H. The Morgan fingerprint density at radius 2 is 0.366 bits per heavy atom. The highest BCUT2D eigenvalue weighted by atomic mass is 15.1. The largest absolute Gasteiger partial charge is 0.309 e. The molecule has 22 aromatic rings. The summed E-state index contributed by atoms with van der Waals surface area (Å²) in [6.07, 6.45) is 0. The molecule has 0 bridgehead atoms. The van der Waals surface area contributed by atoms with Crippen molar-refractivity contribution in [1.82, 2.24) is 38.2 Å². The van der Waals surface area contributed by atoms with Crippen molar-refractivity contribution in [3.8, 4) is 113 Å². The minimum Gasteiger partial charge on any atom is -0.309 e. The van der Waals surface area contributed by atoms with Crippen molar-refractivity contribution in [3.63, 3.8) is 0 Å². The Morgan fingerprint density at radius 1 is 0.143 bits per heavy atom. The molecule has 0 aliphatic heterocycles. The van der Waals surface area contributed by atoms with Gasteiger partial charge in [-0.3, -0.25) is 9.13 Å². The first-order valence-corrected chi connectivity index (χ1v) is 38.0. The predicted octanol–water partition coefficient (Wildman–Crippen LogP) is 26.7. The third-order valence-corrected chi connectivity index (χ3v) is 21.9. The summed E-state index contributed by atoms with van der Waals surface area (Å²) in [4.78, 5) is 20.8. The van der Waals surface area contributed by atoms with Crippen LogP contribution < -0.4 is 0 Å². The highest BCUT2D eigenvalue weighted by Crippen LogP contribution is 2.43. The first kappa shape index (κ1) is 65.2. The van der Waals surface area contributed by atoms with Gasteiger partial charge in [0.25, 0.3) is 0 Å². The summed E-state index contributed by atoms with van der Waals surface area (Å²) in [6, 6.07) is 146. The Labute approximate surface area is 646 Å². The van der Waals surface area contributed by atoms with Gasteiger partial charge in [0.15, 0.2) is 11.6 Å². The molecule has 0 atom stereocenters. The van der Waals surface area contributed by atoms with E-state index in [0.717, 1.165) is 84.3 Å². The Hall–Kier alpha value is -15.1. The fourth-order valence-corrected chi connectivity index (χ4v) is 16.6. The van der Waals surface area contributed by atoms with Gasteiger partial charge in [-0.25, -0.2) is 19.9 Å². The minimum absolute atomic E-state index is 0.687. The molecule has 0 radical (unpaired) electrons. The first-order valence-electron chi connectivity index (χ1n) is 38.0. The second-order valence-corrected chi connectivity index (χ2v) is 28.5. The van der Waals surface area contributed by atoms with Crippen LogP contribution in [-0.4, -0.2) is 38.2 Å². The van der Waals surface area contributed by atoms with Crippen LogP contribution in [0.2, 0.25) is 0 Å². The normalized spacial score (nSPS) is 11.6. The van der Waals surface area contributed by atoms with Crippen molar-refractivity contribution in [2.75, 3.05) is 0 Å².